The average Bonchev–Trinajstić information content (AvgIpc) is 2.28. The van der Waals surface area contributed by atoms with Crippen LogP contribution >= 0.6 is 0 Å². The highest BCUT2D eigenvalue weighted by Gasteiger charge is 2.34. The molecular weight excluding hydrogens is 279 g/mol. The fourth-order valence-corrected chi connectivity index (χ4v) is 2.06. The molecule has 0 amide bonds. The Balaban J connectivity index is 3.08. The first-order chi connectivity index (χ1) is 9.14. The standard InChI is InChI=1S/C12H8F3NO4/c1-4-7-5(12(13,14)15)2-3-6(17)9(7)16-10(18)8(4)11(19)20/h2-3,17H,1H3,(H,16,18)(H,19,20)/p-1. The van der Waals surface area contributed by atoms with Gasteiger partial charge in [0.15, 0.2) is 0 Å². The molecule has 0 unspecified atom stereocenters. The zero-order chi connectivity index (χ0) is 15.2. The first-order valence-electron chi connectivity index (χ1n) is 5.31. The third-order valence-corrected chi connectivity index (χ3v) is 2.90. The van der Waals surface area contributed by atoms with Gasteiger partial charge in [-0.3, -0.25) is 4.79 Å². The molecule has 0 atom stereocenters. The number of fused-ring (bicyclic) bond motifs is 1. The first-order valence-corrected chi connectivity index (χ1v) is 5.31. The van der Waals surface area contributed by atoms with E-state index in [1.54, 1.807) is 0 Å². The molecule has 0 saturated heterocycles. The lowest BCUT2D eigenvalue weighted by atomic mass is 9.99. The van der Waals surface area contributed by atoms with Crippen LogP contribution < -0.4 is 10.7 Å². The van der Waals surface area contributed by atoms with Gasteiger partial charge in [-0.15, -0.1) is 0 Å². The summed E-state index contributed by atoms with van der Waals surface area (Å²) >= 11 is 0. The van der Waals surface area contributed by atoms with Crippen molar-refractivity contribution in [2.24, 2.45) is 0 Å². The third-order valence-electron chi connectivity index (χ3n) is 2.90. The number of aryl methyl sites for hydroxylation is 1. The van der Waals surface area contributed by atoms with Crippen molar-refractivity contribution in [1.82, 2.24) is 4.98 Å². The van der Waals surface area contributed by atoms with Crippen LogP contribution in [-0.4, -0.2) is 16.1 Å². The molecule has 0 radical (unpaired) electrons. The van der Waals surface area contributed by atoms with Crippen LogP contribution in [0.15, 0.2) is 16.9 Å². The second-order valence-corrected chi connectivity index (χ2v) is 4.12. The summed E-state index contributed by atoms with van der Waals surface area (Å²) in [5.74, 6) is -2.47. The lowest BCUT2D eigenvalue weighted by Gasteiger charge is -2.18. The molecule has 0 aliphatic rings. The van der Waals surface area contributed by atoms with Gasteiger partial charge in [0.05, 0.1) is 5.56 Å². The van der Waals surface area contributed by atoms with E-state index in [1.165, 1.54) is 0 Å². The van der Waals surface area contributed by atoms with Gasteiger partial charge >= 0.3 is 12.1 Å². The number of hydrogen-bond donors (Lipinski definition) is 2. The number of carbonyl (C=O) groups is 1. The van der Waals surface area contributed by atoms with Crippen LogP contribution in [0.4, 0.5) is 13.2 Å². The summed E-state index contributed by atoms with van der Waals surface area (Å²) in [4.78, 5) is 24.4. The molecule has 0 saturated carbocycles. The van der Waals surface area contributed by atoms with Crippen molar-refractivity contribution in [2.45, 2.75) is 13.1 Å². The van der Waals surface area contributed by atoms with E-state index >= 15 is 0 Å². The number of aromatic nitrogens is 1. The minimum Gasteiger partial charge on any atom is -0.871 e. The van der Waals surface area contributed by atoms with Gasteiger partial charge in [-0.2, -0.15) is 13.2 Å². The molecule has 2 aromatic rings. The molecule has 1 heterocycles. The predicted molar refractivity (Wildman–Crippen MR) is 60.7 cm³/mol. The number of hydrogen-bond acceptors (Lipinski definition) is 3. The van der Waals surface area contributed by atoms with Crippen LogP contribution in [0.5, 0.6) is 5.75 Å². The van der Waals surface area contributed by atoms with Gasteiger partial charge in [-0.1, -0.05) is 11.8 Å². The van der Waals surface area contributed by atoms with E-state index in [9.17, 15) is 27.9 Å². The number of nitrogens with one attached hydrogen (secondary N) is 1. The van der Waals surface area contributed by atoms with Crippen LogP contribution in [0.25, 0.3) is 10.9 Å². The van der Waals surface area contributed by atoms with E-state index in [-0.39, 0.29) is 5.56 Å². The number of aromatic amines is 1. The maximum absolute atomic E-state index is 12.9. The van der Waals surface area contributed by atoms with Crippen molar-refractivity contribution < 1.29 is 28.2 Å². The number of alkyl halides is 3. The van der Waals surface area contributed by atoms with Crippen LogP contribution in [0, 0.1) is 6.92 Å². The molecular formula is C12H7F3NO4-. The average molecular weight is 286 g/mol. The summed E-state index contributed by atoms with van der Waals surface area (Å²) in [6.07, 6.45) is -4.77. The lowest BCUT2D eigenvalue weighted by molar-refractivity contribution is -0.266. The van der Waals surface area contributed by atoms with Gasteiger partial charge in [0.25, 0.3) is 5.56 Å². The normalized spacial score (nSPS) is 11.8. The Morgan fingerprint density at radius 3 is 2.45 bits per heavy atom. The SMILES string of the molecule is Cc1c(C(=O)O)c(=O)[nH]c2c([O-])ccc(C(F)(F)F)c12. The molecule has 0 aliphatic carbocycles. The van der Waals surface area contributed by atoms with E-state index < -0.39 is 45.5 Å². The topological polar surface area (TPSA) is 93.2 Å². The van der Waals surface area contributed by atoms with Crippen LogP contribution in [-0.2, 0) is 6.18 Å². The molecule has 2 N–H and O–H groups in total. The number of benzene rings is 1. The Morgan fingerprint density at radius 1 is 1.35 bits per heavy atom. The fourth-order valence-electron chi connectivity index (χ4n) is 2.06. The number of pyridine rings is 1. The first kappa shape index (κ1) is 13.9. The van der Waals surface area contributed by atoms with Gasteiger partial charge in [0, 0.05) is 10.9 Å². The highest BCUT2D eigenvalue weighted by atomic mass is 19.4. The lowest BCUT2D eigenvalue weighted by Crippen LogP contribution is -2.21. The Labute approximate surface area is 109 Å². The summed E-state index contributed by atoms with van der Waals surface area (Å²) in [5.41, 5.74) is -4.02. The number of H-pyrrole nitrogens is 1. The quantitative estimate of drug-likeness (QED) is 0.833. The molecule has 2 rings (SSSR count). The Bertz CT molecular complexity index is 777. The van der Waals surface area contributed by atoms with E-state index in [0.717, 1.165) is 6.92 Å². The van der Waals surface area contributed by atoms with Crippen molar-refractivity contribution >= 4 is 16.9 Å². The highest BCUT2D eigenvalue weighted by molar-refractivity contribution is 5.98. The summed E-state index contributed by atoms with van der Waals surface area (Å²) in [6.45, 7) is 1.07. The molecule has 20 heavy (non-hydrogen) atoms. The number of halogens is 3. The van der Waals surface area contributed by atoms with Crippen molar-refractivity contribution in [3.8, 4) is 5.75 Å². The second-order valence-electron chi connectivity index (χ2n) is 4.12. The molecule has 5 nitrogen and oxygen atoms in total. The predicted octanol–water partition coefficient (Wildman–Crippen LogP) is 1.63. The number of carboxylic acids is 1. The van der Waals surface area contributed by atoms with Gasteiger partial charge in [0.2, 0.25) is 0 Å². The van der Waals surface area contributed by atoms with Crippen molar-refractivity contribution in [2.75, 3.05) is 0 Å². The molecule has 1 aromatic carbocycles. The monoisotopic (exact) mass is 286 g/mol. The summed E-state index contributed by atoms with van der Waals surface area (Å²) in [6, 6.07) is 1.25. The Hall–Kier alpha value is -2.51. The van der Waals surface area contributed by atoms with Crippen molar-refractivity contribution in [3.05, 3.63) is 39.2 Å². The molecule has 0 bridgehead atoms. The van der Waals surface area contributed by atoms with Crippen molar-refractivity contribution in [1.29, 1.82) is 0 Å². The Kier molecular flexibility index (Phi) is 2.96. The minimum atomic E-state index is -4.77. The molecule has 1 aromatic heterocycles. The van der Waals surface area contributed by atoms with Crippen LogP contribution in [0.3, 0.4) is 0 Å². The molecule has 0 spiro atoms. The summed E-state index contributed by atoms with van der Waals surface area (Å²) < 4.78 is 38.8. The smallest absolute Gasteiger partial charge is 0.417 e. The van der Waals surface area contributed by atoms with Gasteiger partial charge in [-0.05, 0) is 18.6 Å². The number of carboxylic acid groups (broad SMARTS) is 1. The number of aromatic carboxylic acids is 1. The largest absolute Gasteiger partial charge is 0.871 e. The van der Waals surface area contributed by atoms with E-state index in [0.29, 0.717) is 12.1 Å². The summed E-state index contributed by atoms with van der Waals surface area (Å²) in [5, 5.41) is 19.9. The zero-order valence-electron chi connectivity index (χ0n) is 9.96. The minimum absolute atomic E-state index is 0.388. The highest BCUT2D eigenvalue weighted by Crippen LogP contribution is 2.38. The fraction of sp³-hybridized carbons (Fsp3) is 0.167. The summed E-state index contributed by atoms with van der Waals surface area (Å²) in [7, 11) is 0. The van der Waals surface area contributed by atoms with Gasteiger partial charge in [-0.25, -0.2) is 4.79 Å². The van der Waals surface area contributed by atoms with E-state index in [1.807, 2.05) is 4.98 Å². The maximum atomic E-state index is 12.9. The Morgan fingerprint density at radius 2 is 1.95 bits per heavy atom. The molecule has 8 heteroatoms. The van der Waals surface area contributed by atoms with E-state index in [2.05, 4.69) is 0 Å². The van der Waals surface area contributed by atoms with Crippen LogP contribution in [0.2, 0.25) is 0 Å². The molecule has 106 valence electrons. The second kappa shape index (κ2) is 4.26. The number of rotatable bonds is 1. The third kappa shape index (κ3) is 1.98. The van der Waals surface area contributed by atoms with E-state index in [4.69, 9.17) is 5.11 Å². The van der Waals surface area contributed by atoms with Gasteiger partial charge < -0.3 is 15.2 Å². The van der Waals surface area contributed by atoms with Gasteiger partial charge in [0.1, 0.15) is 5.56 Å². The van der Waals surface area contributed by atoms with Crippen LogP contribution in [0.1, 0.15) is 21.5 Å². The molecule has 0 fully saturated rings. The molecule has 0 aliphatic heterocycles. The zero-order valence-corrected chi connectivity index (χ0v) is 9.96. The maximum Gasteiger partial charge on any atom is 0.417 e. The van der Waals surface area contributed by atoms with Crippen molar-refractivity contribution in [3.63, 3.8) is 0 Å².